The third-order valence-corrected chi connectivity index (χ3v) is 19.8. The molecule has 0 aliphatic heterocycles. The summed E-state index contributed by atoms with van der Waals surface area (Å²) in [5.41, 5.74) is 1.54. The molecule has 1 aliphatic carbocycles. The van der Waals surface area contributed by atoms with Crippen molar-refractivity contribution in [1.82, 2.24) is 19.8 Å². The number of hydrogen-bond donors (Lipinski definition) is 4. The largest absolute Gasteiger partial charge is 0.506 e. The molecule has 11 nitrogen and oxygen atoms in total. The average Bonchev–Trinajstić information content (AvgIpc) is 4.00. The van der Waals surface area contributed by atoms with Crippen molar-refractivity contribution in [3.8, 4) is 5.75 Å². The van der Waals surface area contributed by atoms with Gasteiger partial charge in [-0.05, 0) is 122 Å². The molecular formula is C45H56N4O7S3Si. The number of fused-ring (bicyclic) bond motifs is 2. The Labute approximate surface area is 363 Å². The van der Waals surface area contributed by atoms with Crippen LogP contribution in [0.5, 0.6) is 5.75 Å². The van der Waals surface area contributed by atoms with E-state index >= 15 is 0 Å². The highest BCUT2D eigenvalue weighted by molar-refractivity contribution is 7.16. The molecule has 0 saturated heterocycles. The number of carbonyl (C=O) groups is 1. The number of thiophene rings is 2. The predicted molar refractivity (Wildman–Crippen MR) is 246 cm³/mol. The summed E-state index contributed by atoms with van der Waals surface area (Å²) in [7, 11) is -0.0835. The maximum atomic E-state index is 13.3. The summed E-state index contributed by atoms with van der Waals surface area (Å²) in [5.74, 6) is -0.957. The van der Waals surface area contributed by atoms with Gasteiger partial charge in [-0.1, -0.05) is 56.4 Å². The summed E-state index contributed by atoms with van der Waals surface area (Å²) in [6, 6.07) is 20.8. The second-order valence-corrected chi connectivity index (χ2v) is 25.1. The van der Waals surface area contributed by atoms with Gasteiger partial charge in [0.25, 0.3) is 0 Å². The van der Waals surface area contributed by atoms with Crippen molar-refractivity contribution < 1.29 is 24.2 Å². The monoisotopic (exact) mass is 888 g/mol. The number of benzene rings is 2. The van der Waals surface area contributed by atoms with Gasteiger partial charge < -0.3 is 34.6 Å². The van der Waals surface area contributed by atoms with Crippen molar-refractivity contribution in [3.05, 3.63) is 118 Å². The number of aromatic amines is 1. The minimum Gasteiger partial charge on any atom is -0.506 e. The van der Waals surface area contributed by atoms with Crippen LogP contribution in [0.25, 0.3) is 21.1 Å². The van der Waals surface area contributed by atoms with E-state index in [4.69, 9.17) is 9.16 Å². The fourth-order valence-electron chi connectivity index (χ4n) is 8.04. The topological polar surface area (TPSA) is 146 Å². The van der Waals surface area contributed by atoms with Crippen LogP contribution in [0.1, 0.15) is 79.9 Å². The number of nitrogens with one attached hydrogen (secondary N) is 2. The van der Waals surface area contributed by atoms with E-state index in [-0.39, 0.29) is 33.4 Å². The molecule has 0 bridgehead atoms. The van der Waals surface area contributed by atoms with E-state index < -0.39 is 19.9 Å². The number of aliphatic carboxylic acids is 1. The number of pyridine rings is 1. The minimum atomic E-state index is -2.23. The van der Waals surface area contributed by atoms with Crippen LogP contribution >= 0.6 is 34.0 Å². The zero-order chi connectivity index (χ0) is 42.8. The van der Waals surface area contributed by atoms with Gasteiger partial charge in [-0.2, -0.15) is 0 Å². The normalized spacial score (nSPS) is 17.2. The number of carboxylic acids is 1. The number of thiazole rings is 1. The molecule has 4 N–H and O–H groups in total. The standard InChI is InChI=1S/C45H56N4O7S3Si/c1-44(2,3)60(5,6)56-36(32-17-20-35(50)41-33(32)18-21-40(51)47-41)28-46-27-29-12-19-34-37(26-29)59-43(54)49(34)23-9-22-48(4)30-13-15-31(16-14-30)55-45(42(52)53,38-10-7-24-57-38)39-11-8-25-58-39/h7-8,10-12,17-21,24-26,30-31,36,46,50H,9,13-16,22-23,27-28H2,1-6H3,(H,47,51)(H,52,53)/t30-,31-,36-/m0/s1. The van der Waals surface area contributed by atoms with Crippen molar-refractivity contribution in [1.29, 1.82) is 0 Å². The van der Waals surface area contributed by atoms with Gasteiger partial charge >= 0.3 is 10.8 Å². The zero-order valence-electron chi connectivity index (χ0n) is 35.2. The van der Waals surface area contributed by atoms with E-state index in [9.17, 15) is 24.6 Å². The Morgan fingerprint density at radius 3 is 2.33 bits per heavy atom. The zero-order valence-corrected chi connectivity index (χ0v) is 38.6. The predicted octanol–water partition coefficient (Wildman–Crippen LogP) is 9.26. The molecule has 2 aromatic carbocycles. The van der Waals surface area contributed by atoms with Crippen LogP contribution in [0, 0.1) is 0 Å². The van der Waals surface area contributed by atoms with E-state index in [1.807, 2.05) is 51.7 Å². The Bertz CT molecular complexity index is 2480. The first-order chi connectivity index (χ1) is 28.6. The van der Waals surface area contributed by atoms with Crippen LogP contribution in [-0.4, -0.2) is 71.2 Å². The first-order valence-electron chi connectivity index (χ1n) is 20.6. The lowest BCUT2D eigenvalue weighted by Crippen LogP contribution is -2.44. The van der Waals surface area contributed by atoms with Crippen molar-refractivity contribution in [2.24, 2.45) is 0 Å². The number of aryl methyl sites for hydroxylation is 1. The van der Waals surface area contributed by atoms with Gasteiger partial charge in [0.2, 0.25) is 11.2 Å². The van der Waals surface area contributed by atoms with Crippen LogP contribution < -0.4 is 15.7 Å². The van der Waals surface area contributed by atoms with Crippen molar-refractivity contribution in [2.45, 2.75) is 108 Å². The van der Waals surface area contributed by atoms with Crippen LogP contribution in [0.4, 0.5) is 0 Å². The Kier molecular flexibility index (Phi) is 13.4. The minimum absolute atomic E-state index is 0.0209. The van der Waals surface area contributed by atoms with E-state index in [2.05, 4.69) is 68.2 Å². The smallest absolute Gasteiger partial charge is 0.347 e. The third kappa shape index (κ3) is 9.28. The molecule has 4 heterocycles. The van der Waals surface area contributed by atoms with E-state index in [1.54, 1.807) is 12.1 Å². The van der Waals surface area contributed by atoms with Gasteiger partial charge in [-0.15, -0.1) is 22.7 Å². The molecule has 7 rings (SSSR count). The summed E-state index contributed by atoms with van der Waals surface area (Å²) in [5, 5.41) is 29.2. The number of H-pyrrole nitrogens is 1. The van der Waals surface area contributed by atoms with Crippen LogP contribution in [0.15, 0.2) is 87.1 Å². The number of rotatable bonds is 17. The molecule has 0 unspecified atom stereocenters. The number of ether oxygens (including phenoxy) is 1. The molecule has 320 valence electrons. The second-order valence-electron chi connectivity index (χ2n) is 17.4. The lowest BCUT2D eigenvalue weighted by Gasteiger charge is -2.39. The SMILES string of the molecule is CN(CCCn1c(=O)sc2cc(CNC[C@H](O[Si](C)(C)C(C)(C)C)c3ccc(O)c4[nH]c(=O)ccc34)ccc21)[C@H]1CC[C@H](OC(C(=O)O)(c2cccs2)c2cccs2)CC1. The third-order valence-electron chi connectivity index (χ3n) is 12.4. The second kappa shape index (κ2) is 18.2. The van der Waals surface area contributed by atoms with Gasteiger partial charge in [0.05, 0.1) is 37.7 Å². The maximum Gasteiger partial charge on any atom is 0.347 e. The molecule has 15 heteroatoms. The summed E-state index contributed by atoms with van der Waals surface area (Å²) in [4.78, 5) is 44.8. The molecule has 0 amide bonds. The molecular weight excluding hydrogens is 833 g/mol. The van der Waals surface area contributed by atoms with Crippen molar-refractivity contribution >= 4 is 69.4 Å². The van der Waals surface area contributed by atoms with E-state index in [1.165, 1.54) is 40.1 Å². The summed E-state index contributed by atoms with van der Waals surface area (Å²) < 4.78 is 16.4. The molecule has 1 saturated carbocycles. The molecule has 0 radical (unpaired) electrons. The van der Waals surface area contributed by atoms with Crippen LogP contribution in [0.2, 0.25) is 18.1 Å². The van der Waals surface area contributed by atoms with Gasteiger partial charge in [0, 0.05) is 37.1 Å². The first-order valence-corrected chi connectivity index (χ1v) is 26.1. The quantitative estimate of drug-likeness (QED) is 0.0659. The number of carboxylic acid groups (broad SMARTS) is 1. The van der Waals surface area contributed by atoms with E-state index in [0.717, 1.165) is 65.4 Å². The number of aromatic nitrogens is 2. The molecule has 4 aromatic heterocycles. The highest BCUT2D eigenvalue weighted by atomic mass is 32.1. The lowest BCUT2D eigenvalue weighted by molar-refractivity contribution is -0.170. The van der Waals surface area contributed by atoms with E-state index in [0.29, 0.717) is 40.9 Å². The van der Waals surface area contributed by atoms with Gasteiger partial charge in [0.15, 0.2) is 8.32 Å². The molecule has 1 fully saturated rings. The highest BCUT2D eigenvalue weighted by Crippen LogP contribution is 2.43. The number of phenolic OH excluding ortho intramolecular Hbond substituents is 1. The Balaban J connectivity index is 0.950. The lowest BCUT2D eigenvalue weighted by atomic mass is 9.90. The summed E-state index contributed by atoms with van der Waals surface area (Å²) >= 11 is 4.11. The number of phenols is 1. The highest BCUT2D eigenvalue weighted by Gasteiger charge is 2.48. The van der Waals surface area contributed by atoms with Crippen molar-refractivity contribution in [2.75, 3.05) is 20.1 Å². The Morgan fingerprint density at radius 2 is 1.70 bits per heavy atom. The Morgan fingerprint density at radius 1 is 1.00 bits per heavy atom. The Hall–Kier alpha value is -3.93. The molecule has 1 aliphatic rings. The van der Waals surface area contributed by atoms with Gasteiger partial charge in [-0.3, -0.25) is 14.2 Å². The number of nitrogens with zero attached hydrogens (tertiary/aromatic N) is 2. The molecule has 60 heavy (non-hydrogen) atoms. The first kappa shape index (κ1) is 44.1. The average molecular weight is 889 g/mol. The number of hydrogen-bond acceptors (Lipinski definition) is 11. The van der Waals surface area contributed by atoms with Crippen LogP contribution in [-0.2, 0) is 32.6 Å². The van der Waals surface area contributed by atoms with Crippen molar-refractivity contribution in [3.63, 3.8) is 0 Å². The van der Waals surface area contributed by atoms with Gasteiger partial charge in [-0.25, -0.2) is 4.79 Å². The van der Waals surface area contributed by atoms with Crippen LogP contribution in [0.3, 0.4) is 0 Å². The fraction of sp³-hybridized carbons (Fsp3) is 0.444. The molecule has 0 spiro atoms. The maximum absolute atomic E-state index is 13.3. The van der Waals surface area contributed by atoms with Gasteiger partial charge in [0.1, 0.15) is 5.75 Å². The summed E-state index contributed by atoms with van der Waals surface area (Å²) in [6.45, 7) is 13.6. The molecule has 1 atom stereocenters. The molecule has 6 aromatic rings. The fourth-order valence-corrected chi connectivity index (χ4v) is 12.1. The number of aromatic hydroxyl groups is 1. The summed E-state index contributed by atoms with van der Waals surface area (Å²) in [6.07, 6.45) is 3.75.